The molecule has 2 aliphatic heterocycles. The molecule has 1 aromatic rings. The van der Waals surface area contributed by atoms with Gasteiger partial charge in [-0.15, -0.1) is 24.8 Å². The monoisotopic (exact) mass is 574 g/mol. The second kappa shape index (κ2) is 14.5. The van der Waals surface area contributed by atoms with Gasteiger partial charge in [-0.25, -0.2) is 18.3 Å². The Morgan fingerprint density at radius 3 is 2.28 bits per heavy atom. The SMILES string of the molecule is CCCOc1ccc(N2CCN(S(=O)(=O)C3(C(=O)NO)CCN(CCOC)CC3)CC2)cc1F.Cl.Cl. The van der Waals surface area contributed by atoms with Crippen LogP contribution in [0.2, 0.25) is 0 Å². The number of piperazine rings is 1. The van der Waals surface area contributed by atoms with Crippen LogP contribution in [0.25, 0.3) is 0 Å². The number of piperidine rings is 1. The molecule has 2 saturated heterocycles. The number of nitrogens with zero attached hydrogens (tertiary/aromatic N) is 3. The molecule has 0 bridgehead atoms. The summed E-state index contributed by atoms with van der Waals surface area (Å²) in [5, 5.41) is 9.34. The molecule has 10 nitrogen and oxygen atoms in total. The standard InChI is InChI=1S/C22H35FN4O6S.2ClH/c1-3-15-33-20-5-4-18(17-19(20)23)26-10-12-27(13-11-26)34(30,31)22(21(28)24-29)6-8-25(9-7-22)14-16-32-2;;/h4-5,17,29H,3,6-16H2,1-2H3,(H,24,28);2*1H. The first-order chi connectivity index (χ1) is 16.3. The van der Waals surface area contributed by atoms with Crippen molar-refractivity contribution in [2.24, 2.45) is 0 Å². The molecular formula is C22H37Cl2FN4O6S. The first kappa shape index (κ1) is 32.6. The number of hydrogen-bond acceptors (Lipinski definition) is 8. The first-order valence-electron chi connectivity index (χ1n) is 11.6. The number of carbonyl (C=O) groups excluding carboxylic acids is 1. The highest BCUT2D eigenvalue weighted by Crippen LogP contribution is 2.35. The van der Waals surface area contributed by atoms with Crippen LogP contribution in [0.5, 0.6) is 5.75 Å². The van der Waals surface area contributed by atoms with Gasteiger partial charge in [0.1, 0.15) is 0 Å². The Morgan fingerprint density at radius 1 is 1.11 bits per heavy atom. The molecule has 0 spiro atoms. The molecule has 0 unspecified atom stereocenters. The molecule has 36 heavy (non-hydrogen) atoms. The lowest BCUT2D eigenvalue weighted by atomic mass is 9.95. The Bertz CT molecular complexity index is 942. The predicted molar refractivity (Wildman–Crippen MR) is 140 cm³/mol. The number of halogens is 3. The minimum absolute atomic E-state index is 0. The van der Waals surface area contributed by atoms with Gasteiger partial charge in [0.05, 0.1) is 13.2 Å². The van der Waals surface area contributed by atoms with Gasteiger partial charge >= 0.3 is 0 Å². The number of hydroxylamine groups is 1. The molecule has 0 aromatic heterocycles. The second-order valence-corrected chi connectivity index (χ2v) is 10.9. The number of sulfonamides is 1. The molecule has 1 amide bonds. The van der Waals surface area contributed by atoms with Crippen molar-refractivity contribution in [3.8, 4) is 5.75 Å². The fourth-order valence-corrected chi connectivity index (χ4v) is 6.63. The Morgan fingerprint density at radius 2 is 1.75 bits per heavy atom. The van der Waals surface area contributed by atoms with Gasteiger partial charge < -0.3 is 19.3 Å². The predicted octanol–water partition coefficient (Wildman–Crippen LogP) is 1.90. The van der Waals surface area contributed by atoms with Crippen molar-refractivity contribution >= 4 is 46.4 Å². The van der Waals surface area contributed by atoms with Crippen molar-refractivity contribution < 1.29 is 32.3 Å². The number of carbonyl (C=O) groups is 1. The summed E-state index contributed by atoms with van der Waals surface area (Å²) in [5.74, 6) is -1.16. The number of amides is 1. The number of likely N-dealkylation sites (tertiary alicyclic amines) is 1. The molecule has 2 fully saturated rings. The van der Waals surface area contributed by atoms with Crippen molar-refractivity contribution in [3.05, 3.63) is 24.0 Å². The summed E-state index contributed by atoms with van der Waals surface area (Å²) in [5.41, 5.74) is 2.23. The maximum absolute atomic E-state index is 14.4. The summed E-state index contributed by atoms with van der Waals surface area (Å²) < 4.78 is 51.7. The van der Waals surface area contributed by atoms with Gasteiger partial charge in [-0.2, -0.15) is 4.31 Å². The zero-order chi connectivity index (χ0) is 24.8. The Balaban J connectivity index is 0.00000324. The minimum atomic E-state index is -4.05. The zero-order valence-electron chi connectivity index (χ0n) is 20.7. The van der Waals surface area contributed by atoms with Crippen LogP contribution in [-0.4, -0.2) is 99.6 Å². The largest absolute Gasteiger partial charge is 0.491 e. The van der Waals surface area contributed by atoms with Gasteiger partial charge in [0.15, 0.2) is 16.3 Å². The number of hydrogen-bond donors (Lipinski definition) is 2. The number of anilines is 1. The van der Waals surface area contributed by atoms with E-state index in [0.29, 0.717) is 51.6 Å². The van der Waals surface area contributed by atoms with E-state index in [2.05, 4.69) is 0 Å². The molecule has 0 radical (unpaired) electrons. The van der Waals surface area contributed by atoms with Gasteiger partial charge in [0, 0.05) is 64.7 Å². The fourth-order valence-electron chi connectivity index (χ4n) is 4.51. The van der Waals surface area contributed by atoms with E-state index >= 15 is 0 Å². The van der Waals surface area contributed by atoms with Crippen LogP contribution < -0.4 is 15.1 Å². The molecule has 3 rings (SSSR count). The molecule has 2 heterocycles. The van der Waals surface area contributed by atoms with Gasteiger partial charge in [-0.1, -0.05) is 6.92 Å². The van der Waals surface area contributed by atoms with Crippen LogP contribution in [0.1, 0.15) is 26.2 Å². The van der Waals surface area contributed by atoms with Gasteiger partial charge in [0.2, 0.25) is 10.0 Å². The third-order valence-electron chi connectivity index (χ3n) is 6.61. The lowest BCUT2D eigenvalue weighted by Crippen LogP contribution is -2.63. The third-order valence-corrected chi connectivity index (χ3v) is 9.23. The second-order valence-electron chi connectivity index (χ2n) is 8.62. The van der Waals surface area contributed by atoms with Crippen LogP contribution in [-0.2, 0) is 19.6 Å². The number of benzene rings is 1. The van der Waals surface area contributed by atoms with E-state index in [0.717, 1.165) is 6.42 Å². The van der Waals surface area contributed by atoms with Gasteiger partial charge in [0.25, 0.3) is 5.91 Å². The number of ether oxygens (including phenoxy) is 2. The molecule has 1 aromatic carbocycles. The summed E-state index contributed by atoms with van der Waals surface area (Å²) >= 11 is 0. The zero-order valence-corrected chi connectivity index (χ0v) is 23.1. The van der Waals surface area contributed by atoms with E-state index in [1.54, 1.807) is 24.7 Å². The molecule has 2 N–H and O–H groups in total. The van der Waals surface area contributed by atoms with Crippen LogP contribution >= 0.6 is 24.8 Å². The smallest absolute Gasteiger partial charge is 0.266 e. The van der Waals surface area contributed by atoms with E-state index in [4.69, 9.17) is 9.47 Å². The van der Waals surface area contributed by atoms with Crippen LogP contribution in [0.4, 0.5) is 10.1 Å². The molecule has 0 atom stereocenters. The number of nitrogens with one attached hydrogen (secondary N) is 1. The van der Waals surface area contributed by atoms with Gasteiger partial charge in [-0.05, 0) is 31.4 Å². The third kappa shape index (κ3) is 6.91. The molecule has 0 saturated carbocycles. The van der Waals surface area contributed by atoms with E-state index in [-0.39, 0.29) is 56.5 Å². The van der Waals surface area contributed by atoms with Crippen molar-refractivity contribution in [2.75, 3.05) is 71.0 Å². The number of methoxy groups -OCH3 is 1. The summed E-state index contributed by atoms with van der Waals surface area (Å²) in [6, 6.07) is 4.74. The number of rotatable bonds is 10. The highest BCUT2D eigenvalue weighted by molar-refractivity contribution is 7.91. The van der Waals surface area contributed by atoms with E-state index < -0.39 is 26.5 Å². The molecule has 208 valence electrons. The van der Waals surface area contributed by atoms with Crippen molar-refractivity contribution in [2.45, 2.75) is 30.9 Å². The lowest BCUT2D eigenvalue weighted by molar-refractivity contribution is -0.133. The topological polar surface area (TPSA) is 112 Å². The average Bonchev–Trinajstić information content (AvgIpc) is 2.86. The Kier molecular flexibility index (Phi) is 13.1. The van der Waals surface area contributed by atoms with E-state index in [1.165, 1.54) is 10.4 Å². The lowest BCUT2D eigenvalue weighted by Gasteiger charge is -2.44. The highest BCUT2D eigenvalue weighted by atomic mass is 35.5. The molecular weight excluding hydrogens is 538 g/mol. The van der Waals surface area contributed by atoms with Crippen molar-refractivity contribution in [1.82, 2.24) is 14.7 Å². The van der Waals surface area contributed by atoms with Crippen LogP contribution in [0, 0.1) is 5.82 Å². The Hall–Kier alpha value is -1.41. The van der Waals surface area contributed by atoms with E-state index in [1.807, 2.05) is 16.7 Å². The summed E-state index contributed by atoms with van der Waals surface area (Å²) in [6.45, 7) is 5.36. The van der Waals surface area contributed by atoms with Crippen LogP contribution in [0.3, 0.4) is 0 Å². The quantitative estimate of drug-likeness (QED) is 0.322. The molecule has 14 heteroatoms. The molecule has 0 aliphatic carbocycles. The highest BCUT2D eigenvalue weighted by Gasteiger charge is 2.55. The molecule has 2 aliphatic rings. The normalized spacial score (nSPS) is 18.6. The van der Waals surface area contributed by atoms with Crippen LogP contribution in [0.15, 0.2) is 18.2 Å². The fraction of sp³-hybridized carbons (Fsp3) is 0.682. The first-order valence-corrected chi connectivity index (χ1v) is 13.1. The summed E-state index contributed by atoms with van der Waals surface area (Å²) in [7, 11) is -2.45. The minimum Gasteiger partial charge on any atom is -0.491 e. The summed E-state index contributed by atoms with van der Waals surface area (Å²) in [4.78, 5) is 16.6. The average molecular weight is 576 g/mol. The van der Waals surface area contributed by atoms with Gasteiger partial charge in [-0.3, -0.25) is 10.0 Å². The summed E-state index contributed by atoms with van der Waals surface area (Å²) in [6.07, 6.45) is 0.935. The van der Waals surface area contributed by atoms with Crippen molar-refractivity contribution in [3.63, 3.8) is 0 Å². The van der Waals surface area contributed by atoms with E-state index in [9.17, 15) is 22.8 Å². The maximum Gasteiger partial charge on any atom is 0.266 e. The maximum atomic E-state index is 14.4. The van der Waals surface area contributed by atoms with Crippen molar-refractivity contribution in [1.29, 1.82) is 0 Å². The Labute approximate surface area is 224 Å².